The molecule has 0 aromatic carbocycles. The molecular formula is C11H15NO2. The van der Waals surface area contributed by atoms with E-state index in [1.165, 1.54) is 0 Å². The molecule has 0 spiro atoms. The van der Waals surface area contributed by atoms with Gasteiger partial charge in [0.05, 0.1) is 5.41 Å². The SMILES string of the molecule is Cc1cc(C2(C(=O)O)CC2)c(C)n1C. The topological polar surface area (TPSA) is 42.2 Å². The molecule has 0 bridgehead atoms. The van der Waals surface area contributed by atoms with Crippen LogP contribution in [0.15, 0.2) is 6.07 Å². The van der Waals surface area contributed by atoms with Crippen molar-refractivity contribution in [1.29, 1.82) is 0 Å². The normalized spacial score (nSPS) is 18.2. The number of aliphatic carboxylic acids is 1. The summed E-state index contributed by atoms with van der Waals surface area (Å²) in [5.41, 5.74) is 2.66. The summed E-state index contributed by atoms with van der Waals surface area (Å²) in [4.78, 5) is 11.1. The van der Waals surface area contributed by atoms with E-state index in [1.54, 1.807) is 0 Å². The van der Waals surface area contributed by atoms with E-state index in [0.29, 0.717) is 0 Å². The minimum atomic E-state index is -0.675. The predicted octanol–water partition coefficient (Wildman–Crippen LogP) is 1.76. The van der Waals surface area contributed by atoms with Gasteiger partial charge in [0, 0.05) is 18.4 Å². The summed E-state index contributed by atoms with van der Waals surface area (Å²) in [5.74, 6) is -0.675. The van der Waals surface area contributed by atoms with Crippen LogP contribution in [0.5, 0.6) is 0 Å². The molecule has 1 saturated carbocycles. The summed E-state index contributed by atoms with van der Waals surface area (Å²) >= 11 is 0. The fourth-order valence-electron chi connectivity index (χ4n) is 2.06. The van der Waals surface area contributed by atoms with E-state index >= 15 is 0 Å². The molecule has 1 aliphatic carbocycles. The molecule has 1 aromatic rings. The monoisotopic (exact) mass is 193 g/mol. The quantitative estimate of drug-likeness (QED) is 0.777. The fourth-order valence-corrected chi connectivity index (χ4v) is 2.06. The van der Waals surface area contributed by atoms with Crippen molar-refractivity contribution in [2.24, 2.45) is 7.05 Å². The first kappa shape index (κ1) is 9.31. The van der Waals surface area contributed by atoms with E-state index in [1.807, 2.05) is 27.0 Å². The Labute approximate surface area is 83.4 Å². The summed E-state index contributed by atoms with van der Waals surface area (Å²) in [6, 6.07) is 2.01. The maximum Gasteiger partial charge on any atom is 0.314 e. The third-order valence-electron chi connectivity index (χ3n) is 3.45. The maximum absolute atomic E-state index is 11.1. The Balaban J connectivity index is 2.52. The van der Waals surface area contributed by atoms with E-state index < -0.39 is 11.4 Å². The number of hydrogen-bond acceptors (Lipinski definition) is 1. The number of carbonyl (C=O) groups is 1. The van der Waals surface area contributed by atoms with Crippen LogP contribution in [0.1, 0.15) is 29.8 Å². The smallest absolute Gasteiger partial charge is 0.314 e. The van der Waals surface area contributed by atoms with E-state index in [0.717, 1.165) is 29.8 Å². The number of rotatable bonds is 2. The van der Waals surface area contributed by atoms with Crippen LogP contribution in [-0.4, -0.2) is 15.6 Å². The van der Waals surface area contributed by atoms with Gasteiger partial charge in [0.2, 0.25) is 0 Å². The van der Waals surface area contributed by atoms with Crippen molar-refractivity contribution < 1.29 is 9.90 Å². The molecular weight excluding hydrogens is 178 g/mol. The first-order valence-electron chi connectivity index (χ1n) is 4.86. The Hall–Kier alpha value is -1.25. The largest absolute Gasteiger partial charge is 0.481 e. The van der Waals surface area contributed by atoms with Crippen molar-refractivity contribution in [1.82, 2.24) is 4.57 Å². The molecule has 0 amide bonds. The van der Waals surface area contributed by atoms with Gasteiger partial charge >= 0.3 is 5.97 Å². The zero-order chi connectivity index (χ0) is 10.5. The van der Waals surface area contributed by atoms with E-state index in [9.17, 15) is 9.90 Å². The van der Waals surface area contributed by atoms with Crippen molar-refractivity contribution in [3.8, 4) is 0 Å². The summed E-state index contributed by atoms with van der Waals surface area (Å²) < 4.78 is 2.05. The van der Waals surface area contributed by atoms with Crippen molar-refractivity contribution in [2.75, 3.05) is 0 Å². The standard InChI is InChI=1S/C11H15NO2/c1-7-6-9(8(2)12(7)3)11(4-5-11)10(13)14/h6H,4-5H2,1-3H3,(H,13,14). The molecule has 0 aliphatic heterocycles. The van der Waals surface area contributed by atoms with Gasteiger partial charge in [-0.2, -0.15) is 0 Å². The Morgan fingerprint density at radius 3 is 2.36 bits per heavy atom. The molecule has 3 nitrogen and oxygen atoms in total. The molecule has 1 fully saturated rings. The van der Waals surface area contributed by atoms with Crippen LogP contribution >= 0.6 is 0 Å². The maximum atomic E-state index is 11.1. The zero-order valence-electron chi connectivity index (χ0n) is 8.79. The lowest BCUT2D eigenvalue weighted by molar-refractivity contribution is -0.140. The highest BCUT2D eigenvalue weighted by Crippen LogP contribution is 2.50. The molecule has 1 heterocycles. The van der Waals surface area contributed by atoms with E-state index in [-0.39, 0.29) is 0 Å². The lowest BCUT2D eigenvalue weighted by Crippen LogP contribution is -2.20. The highest BCUT2D eigenvalue weighted by molar-refractivity contribution is 5.85. The highest BCUT2D eigenvalue weighted by atomic mass is 16.4. The molecule has 0 radical (unpaired) electrons. The number of hydrogen-bond donors (Lipinski definition) is 1. The van der Waals surface area contributed by atoms with Crippen LogP contribution in [0, 0.1) is 13.8 Å². The second-order valence-corrected chi connectivity index (χ2v) is 4.23. The van der Waals surface area contributed by atoms with Gasteiger partial charge in [-0.25, -0.2) is 0 Å². The van der Waals surface area contributed by atoms with Crippen LogP contribution in [0.25, 0.3) is 0 Å². The lowest BCUT2D eigenvalue weighted by atomic mass is 9.96. The van der Waals surface area contributed by atoms with Crippen molar-refractivity contribution >= 4 is 5.97 Å². The molecule has 3 heteroatoms. The number of aromatic nitrogens is 1. The Morgan fingerprint density at radius 2 is 2.07 bits per heavy atom. The van der Waals surface area contributed by atoms with Crippen LogP contribution in [0.4, 0.5) is 0 Å². The van der Waals surface area contributed by atoms with Gasteiger partial charge in [-0.1, -0.05) is 0 Å². The minimum absolute atomic E-state index is 0.559. The average molecular weight is 193 g/mol. The molecule has 14 heavy (non-hydrogen) atoms. The zero-order valence-corrected chi connectivity index (χ0v) is 8.79. The van der Waals surface area contributed by atoms with E-state index in [2.05, 4.69) is 4.57 Å². The Kier molecular flexibility index (Phi) is 1.74. The average Bonchev–Trinajstić information content (AvgIpc) is 2.87. The third-order valence-corrected chi connectivity index (χ3v) is 3.45. The summed E-state index contributed by atoms with van der Waals surface area (Å²) in [6.45, 7) is 4.00. The number of nitrogens with zero attached hydrogens (tertiary/aromatic N) is 1. The molecule has 76 valence electrons. The van der Waals surface area contributed by atoms with Gasteiger partial charge in [-0.3, -0.25) is 4.79 Å². The Morgan fingerprint density at radius 1 is 1.50 bits per heavy atom. The van der Waals surface area contributed by atoms with Gasteiger partial charge in [0.15, 0.2) is 0 Å². The van der Waals surface area contributed by atoms with Crippen LogP contribution < -0.4 is 0 Å². The minimum Gasteiger partial charge on any atom is -0.481 e. The second kappa shape index (κ2) is 2.62. The number of carboxylic acids is 1. The fraction of sp³-hybridized carbons (Fsp3) is 0.545. The number of carboxylic acid groups (broad SMARTS) is 1. The summed E-state index contributed by atoms with van der Waals surface area (Å²) in [6.07, 6.45) is 1.57. The molecule has 0 atom stereocenters. The van der Waals surface area contributed by atoms with Crippen molar-refractivity contribution in [2.45, 2.75) is 32.1 Å². The Bertz CT molecular complexity index is 400. The first-order valence-corrected chi connectivity index (χ1v) is 4.86. The van der Waals surface area contributed by atoms with Crippen LogP contribution in [-0.2, 0) is 17.3 Å². The third kappa shape index (κ3) is 1.01. The van der Waals surface area contributed by atoms with Gasteiger partial charge in [0.1, 0.15) is 0 Å². The number of aryl methyl sites for hydroxylation is 1. The molecule has 1 aliphatic rings. The molecule has 2 rings (SSSR count). The van der Waals surface area contributed by atoms with Gasteiger partial charge in [-0.15, -0.1) is 0 Å². The van der Waals surface area contributed by atoms with Crippen LogP contribution in [0.2, 0.25) is 0 Å². The van der Waals surface area contributed by atoms with Gasteiger partial charge < -0.3 is 9.67 Å². The van der Waals surface area contributed by atoms with Crippen molar-refractivity contribution in [3.63, 3.8) is 0 Å². The van der Waals surface area contributed by atoms with E-state index in [4.69, 9.17) is 0 Å². The van der Waals surface area contributed by atoms with Crippen LogP contribution in [0.3, 0.4) is 0 Å². The van der Waals surface area contributed by atoms with Gasteiger partial charge in [-0.05, 0) is 38.3 Å². The van der Waals surface area contributed by atoms with Crippen molar-refractivity contribution in [3.05, 3.63) is 23.0 Å². The summed E-state index contributed by atoms with van der Waals surface area (Å²) in [5, 5.41) is 9.17. The molecule has 1 aromatic heterocycles. The second-order valence-electron chi connectivity index (χ2n) is 4.23. The first-order chi connectivity index (χ1) is 6.49. The molecule has 0 saturated heterocycles. The summed E-state index contributed by atoms with van der Waals surface area (Å²) in [7, 11) is 1.98. The molecule has 0 unspecified atom stereocenters. The highest BCUT2D eigenvalue weighted by Gasteiger charge is 2.53. The lowest BCUT2D eigenvalue weighted by Gasteiger charge is -2.09. The molecule has 1 N–H and O–H groups in total. The van der Waals surface area contributed by atoms with Gasteiger partial charge in [0.25, 0.3) is 0 Å². The predicted molar refractivity (Wildman–Crippen MR) is 53.4 cm³/mol.